The van der Waals surface area contributed by atoms with Crippen LogP contribution in [0.5, 0.6) is 11.5 Å². The maximum atomic E-state index is 13.3. The van der Waals surface area contributed by atoms with E-state index in [4.69, 9.17) is 25.8 Å². The third-order valence-electron chi connectivity index (χ3n) is 9.73. The van der Waals surface area contributed by atoms with Gasteiger partial charge in [0.15, 0.2) is 11.4 Å². The van der Waals surface area contributed by atoms with Gasteiger partial charge in [-0.2, -0.15) is 20.4 Å². The minimum atomic E-state index is -2.11. The van der Waals surface area contributed by atoms with Gasteiger partial charge in [-0.1, -0.05) is 12.8 Å². The molecule has 0 unspecified atom stereocenters. The van der Waals surface area contributed by atoms with Crippen LogP contribution in [-0.4, -0.2) is 94.0 Å². The number of ether oxygens (including phenoxy) is 2. The largest absolute Gasteiger partial charge is 0.493 e. The summed E-state index contributed by atoms with van der Waals surface area (Å²) in [4.78, 5) is 57.2. The van der Waals surface area contributed by atoms with Gasteiger partial charge in [-0.25, -0.2) is 23.5 Å². The van der Waals surface area contributed by atoms with Crippen molar-refractivity contribution in [2.45, 2.75) is 64.5 Å². The summed E-state index contributed by atoms with van der Waals surface area (Å²) in [6.45, 7) is -1.26. The van der Waals surface area contributed by atoms with E-state index in [1.54, 1.807) is 6.07 Å². The monoisotopic (exact) mass is 898 g/mol. The maximum Gasteiger partial charge on any atom is 0.356 e. The molecule has 6 N–H and O–H groups in total. The zero-order valence-electron chi connectivity index (χ0n) is 39.1. The van der Waals surface area contributed by atoms with Crippen molar-refractivity contribution in [3.8, 4) is 22.9 Å². The predicted octanol–water partition coefficient (Wildman–Crippen LogP) is 5.39. The van der Waals surface area contributed by atoms with Gasteiger partial charge in [0, 0.05) is 37.8 Å². The molecule has 0 spiro atoms. The number of anilines is 2. The second kappa shape index (κ2) is 22.6. The zero-order valence-corrected chi connectivity index (χ0v) is 35.1. The fourth-order valence-electron chi connectivity index (χ4n) is 6.67. The first-order valence-electron chi connectivity index (χ1n) is 22.3. The molecule has 340 valence electrons. The van der Waals surface area contributed by atoms with Crippen LogP contribution in [0, 0.1) is 23.5 Å². The first-order chi connectivity index (χ1) is 32.8. The lowest BCUT2D eigenvalue weighted by molar-refractivity contribution is -0.115. The molecule has 65 heavy (non-hydrogen) atoms. The highest BCUT2D eigenvalue weighted by Crippen LogP contribution is 2.28. The first-order valence-corrected chi connectivity index (χ1v) is 20.3. The third-order valence-corrected chi connectivity index (χ3v) is 9.73. The Labute approximate surface area is 377 Å². The fourth-order valence-corrected chi connectivity index (χ4v) is 6.67. The van der Waals surface area contributed by atoms with Gasteiger partial charge in [-0.3, -0.25) is 14.4 Å². The molecule has 0 bridgehead atoms. The molecule has 0 saturated heterocycles. The summed E-state index contributed by atoms with van der Waals surface area (Å²) >= 11 is 0. The summed E-state index contributed by atoms with van der Waals surface area (Å²) in [5.74, 6) is -3.35. The molecule has 8 rings (SSSR count). The van der Waals surface area contributed by atoms with Crippen LogP contribution in [0.15, 0.2) is 97.6 Å². The molecule has 2 aromatic carbocycles. The van der Waals surface area contributed by atoms with Gasteiger partial charge in [0.2, 0.25) is 11.8 Å². The molecule has 2 aliphatic carbocycles. The number of aromatic nitrogens is 8. The van der Waals surface area contributed by atoms with E-state index >= 15 is 0 Å². The molecule has 4 atom stereocenters. The molecule has 2 saturated carbocycles. The highest BCUT2D eigenvalue weighted by Gasteiger charge is 2.31. The molecule has 6 aromatic rings. The number of carboxylic acid groups (broad SMARTS) is 1. The zero-order chi connectivity index (χ0) is 49.9. The van der Waals surface area contributed by atoms with E-state index in [2.05, 4.69) is 46.3 Å². The Balaban J connectivity index is 0.000000188. The van der Waals surface area contributed by atoms with Crippen LogP contribution < -0.4 is 31.2 Å². The molecule has 2 fully saturated rings. The van der Waals surface area contributed by atoms with E-state index in [9.17, 15) is 28.0 Å². The number of nitrogens with two attached hydrogens (primary N) is 1. The van der Waals surface area contributed by atoms with Crippen molar-refractivity contribution in [2.24, 2.45) is 17.6 Å². The number of aromatic carboxylic acids is 1. The molecule has 21 heteroatoms. The first kappa shape index (κ1) is 41.3. The van der Waals surface area contributed by atoms with Gasteiger partial charge in [-0.05, 0) is 98.5 Å². The molecule has 4 heterocycles. The number of rotatable bonds is 13. The SMILES string of the molecule is CC(=O)Nc1ccc(-n2nccn2)c(C(=O)O)n1.[2H]C([2H])(Oc1ccc(F)cc1)[C@H]1CCC[C@@H]1N.[2H]C([2H])(Oc1ccc(F)cc1)[C@H]1CCC[C@@H]1NC(=O)c1nc(NC(C)=O)ccc1-n1nccn1. The van der Waals surface area contributed by atoms with Crippen molar-refractivity contribution in [3.63, 3.8) is 0 Å². The number of amides is 3. The summed E-state index contributed by atoms with van der Waals surface area (Å²) in [7, 11) is 0. The van der Waals surface area contributed by atoms with Gasteiger partial charge in [0.1, 0.15) is 46.1 Å². The second-order valence-corrected chi connectivity index (χ2v) is 14.6. The Morgan fingerprint density at radius 3 is 1.58 bits per heavy atom. The maximum absolute atomic E-state index is 13.3. The second-order valence-electron chi connectivity index (χ2n) is 14.6. The molecular formula is C44H48F2N12O7. The number of pyridine rings is 2. The molecule has 19 nitrogen and oxygen atoms in total. The standard InChI is InChI=1S/C22H23FN6O3.C12H16FNO.C10H9N5O3/c1-14(30)26-20-10-9-19(29-24-11-12-25-29)21(28-20)22(31)27-18-4-2-3-15(18)13-32-17-7-5-16(23)6-8-17;13-10-4-6-11(7-5-10)15-8-9-2-1-3-12(9)14;1-6(16)13-8-3-2-7(9(14-8)10(17)18)15-11-4-5-12-15/h5-12,15,18H,2-4,13H2,1H3,(H,27,31)(H,26,28,30);4-7,9,12H,1-3,8,14H2;2-5H,1H3,(H,17,18)(H,13,14,16)/t15-,18+;9-,12+;/m11./s1/i13D2;8D2;. The number of nitrogens with one attached hydrogen (secondary N) is 3. The van der Waals surface area contributed by atoms with E-state index in [0.29, 0.717) is 30.7 Å². The Morgan fingerprint density at radius 2 is 1.12 bits per heavy atom. The molecule has 3 amide bonds. The number of carboxylic acids is 1. The van der Waals surface area contributed by atoms with Crippen molar-refractivity contribution in [3.05, 3.63) is 121 Å². The van der Waals surface area contributed by atoms with Gasteiger partial charge in [0.25, 0.3) is 5.91 Å². The minimum absolute atomic E-state index is 0.0203. The van der Waals surface area contributed by atoms with E-state index in [-0.39, 0.29) is 64.1 Å². The van der Waals surface area contributed by atoms with E-state index in [1.165, 1.54) is 110 Å². The number of carbonyl (C=O) groups excluding carboxylic acids is 3. The highest BCUT2D eigenvalue weighted by atomic mass is 19.1. The van der Waals surface area contributed by atoms with Crippen molar-refractivity contribution in [1.82, 2.24) is 45.3 Å². The third kappa shape index (κ3) is 13.7. The number of nitrogens with zero attached hydrogens (tertiary/aromatic N) is 8. The van der Waals surface area contributed by atoms with Crippen LogP contribution in [0.3, 0.4) is 0 Å². The molecule has 0 aliphatic heterocycles. The van der Waals surface area contributed by atoms with Crippen molar-refractivity contribution >= 4 is 35.3 Å². The fraction of sp³-hybridized carbons (Fsp3) is 0.318. The van der Waals surface area contributed by atoms with Crippen LogP contribution >= 0.6 is 0 Å². The average Bonchev–Trinajstić information content (AvgIpc) is 4.15. The van der Waals surface area contributed by atoms with Crippen LogP contribution in [0.2, 0.25) is 0 Å². The Hall–Kier alpha value is -7.68. The smallest absolute Gasteiger partial charge is 0.356 e. The van der Waals surface area contributed by atoms with Crippen LogP contribution in [-0.2, 0) is 9.59 Å². The summed E-state index contributed by atoms with van der Waals surface area (Å²) in [5.41, 5.74) is 6.13. The molecular weight excluding hydrogens is 847 g/mol. The summed E-state index contributed by atoms with van der Waals surface area (Å²) in [6, 6.07) is 15.8. The summed E-state index contributed by atoms with van der Waals surface area (Å²) in [5, 5.41) is 32.7. The number of hydrogen-bond acceptors (Lipinski definition) is 13. The van der Waals surface area contributed by atoms with Gasteiger partial charge >= 0.3 is 5.97 Å². The van der Waals surface area contributed by atoms with Gasteiger partial charge < -0.3 is 36.3 Å². The van der Waals surface area contributed by atoms with Crippen molar-refractivity contribution in [2.75, 3.05) is 23.8 Å². The highest BCUT2D eigenvalue weighted by molar-refractivity contribution is 5.97. The number of hydrogen-bond donors (Lipinski definition) is 5. The van der Waals surface area contributed by atoms with Gasteiger partial charge in [0.05, 0.1) is 43.4 Å². The summed E-state index contributed by atoms with van der Waals surface area (Å²) in [6.07, 6.45) is 9.98. The normalized spacial score (nSPS) is 18.7. The topological polar surface area (TPSA) is 256 Å². The Morgan fingerprint density at radius 1 is 0.677 bits per heavy atom. The van der Waals surface area contributed by atoms with E-state index in [1.807, 2.05) is 0 Å². The van der Waals surface area contributed by atoms with Crippen LogP contribution in [0.25, 0.3) is 11.4 Å². The Bertz CT molecular complexity index is 2700. The molecule has 0 radical (unpaired) electrons. The number of carbonyl (C=O) groups is 4. The van der Waals surface area contributed by atoms with E-state index in [0.717, 1.165) is 24.1 Å². The van der Waals surface area contributed by atoms with Crippen molar-refractivity contribution < 1.29 is 48.0 Å². The lowest BCUT2D eigenvalue weighted by Crippen LogP contribution is -2.40. The lowest BCUT2D eigenvalue weighted by Gasteiger charge is -2.22. The average molecular weight is 899 g/mol. The van der Waals surface area contributed by atoms with Crippen LogP contribution in [0.4, 0.5) is 20.4 Å². The van der Waals surface area contributed by atoms with E-state index < -0.39 is 42.8 Å². The molecule has 2 aliphatic rings. The van der Waals surface area contributed by atoms with Crippen molar-refractivity contribution in [1.29, 1.82) is 0 Å². The Kier molecular flexibility index (Phi) is 14.4. The molecule has 4 aromatic heterocycles. The van der Waals surface area contributed by atoms with Gasteiger partial charge in [-0.15, -0.1) is 9.59 Å². The minimum Gasteiger partial charge on any atom is -0.493 e. The summed E-state index contributed by atoms with van der Waals surface area (Å²) < 4.78 is 69.5. The van der Waals surface area contributed by atoms with Crippen LogP contribution in [0.1, 0.15) is 78.8 Å². The predicted molar refractivity (Wildman–Crippen MR) is 232 cm³/mol. The quantitative estimate of drug-likeness (QED) is 0.0975. The lowest BCUT2D eigenvalue weighted by atomic mass is 10.0. The number of halogens is 2. The number of benzene rings is 2.